The van der Waals surface area contributed by atoms with Crippen molar-refractivity contribution in [3.63, 3.8) is 0 Å². The number of aromatic amines is 1. The summed E-state index contributed by atoms with van der Waals surface area (Å²) in [4.78, 5) is 3.49. The van der Waals surface area contributed by atoms with Gasteiger partial charge in [0.25, 0.3) is 0 Å². The summed E-state index contributed by atoms with van der Waals surface area (Å²) in [7, 11) is 0. The molecule has 1 saturated heterocycles. The van der Waals surface area contributed by atoms with Gasteiger partial charge in [-0.25, -0.2) is 0 Å². The molecule has 0 radical (unpaired) electrons. The number of hydrogen-bond donors (Lipinski definition) is 2. The Morgan fingerprint density at radius 3 is 2.75 bits per heavy atom. The van der Waals surface area contributed by atoms with E-state index in [0.29, 0.717) is 6.04 Å². The highest BCUT2D eigenvalue weighted by atomic mass is 14.9. The van der Waals surface area contributed by atoms with Crippen molar-refractivity contribution in [1.82, 2.24) is 10.3 Å². The number of H-pyrrole nitrogens is 1. The van der Waals surface area contributed by atoms with Crippen LogP contribution in [0.5, 0.6) is 0 Å². The number of hydrogen-bond acceptors (Lipinski definition) is 1. The van der Waals surface area contributed by atoms with Crippen LogP contribution in [0.3, 0.4) is 0 Å². The van der Waals surface area contributed by atoms with Crippen LogP contribution in [0.15, 0.2) is 42.5 Å². The van der Waals surface area contributed by atoms with Gasteiger partial charge < -0.3 is 10.3 Å². The summed E-state index contributed by atoms with van der Waals surface area (Å²) >= 11 is 0. The van der Waals surface area contributed by atoms with E-state index in [9.17, 15) is 0 Å². The van der Waals surface area contributed by atoms with Crippen molar-refractivity contribution in [3.05, 3.63) is 48.0 Å². The van der Waals surface area contributed by atoms with E-state index in [-0.39, 0.29) is 0 Å². The Balaban J connectivity index is 1.71. The van der Waals surface area contributed by atoms with Crippen LogP contribution in [-0.4, -0.2) is 17.6 Å². The number of para-hydroxylation sites is 1. The van der Waals surface area contributed by atoms with E-state index < -0.39 is 0 Å². The Morgan fingerprint density at radius 1 is 0.950 bits per heavy atom. The first-order valence-electron chi connectivity index (χ1n) is 7.63. The molecular weight excluding hydrogens is 244 g/mol. The third-order valence-corrected chi connectivity index (χ3v) is 4.47. The zero-order valence-electron chi connectivity index (χ0n) is 11.7. The lowest BCUT2D eigenvalue weighted by molar-refractivity contribution is 0.399. The van der Waals surface area contributed by atoms with Gasteiger partial charge in [-0.05, 0) is 49.6 Å². The molecule has 1 aliphatic rings. The minimum absolute atomic E-state index is 0.659. The lowest BCUT2D eigenvalue weighted by Gasteiger charge is -2.23. The average molecular weight is 264 g/mol. The minimum atomic E-state index is 0.659. The predicted molar refractivity (Wildman–Crippen MR) is 85.2 cm³/mol. The summed E-state index contributed by atoms with van der Waals surface area (Å²) in [5, 5.41) is 6.33. The van der Waals surface area contributed by atoms with E-state index >= 15 is 0 Å². The van der Waals surface area contributed by atoms with Gasteiger partial charge in [0.05, 0.1) is 0 Å². The molecule has 1 aromatic heterocycles. The Labute approximate surface area is 119 Å². The maximum atomic E-state index is 3.64. The van der Waals surface area contributed by atoms with E-state index in [2.05, 4.69) is 52.8 Å². The fraction of sp³-hybridized carbons (Fsp3) is 0.333. The molecule has 0 spiro atoms. The SMILES string of the molecule is c1ccc2c(c1)[nH]c1ccc(CC3CCCCN3)cc12. The summed E-state index contributed by atoms with van der Waals surface area (Å²) in [5.41, 5.74) is 3.92. The quantitative estimate of drug-likeness (QED) is 0.719. The normalized spacial score (nSPS) is 19.7. The van der Waals surface area contributed by atoms with Crippen molar-refractivity contribution < 1.29 is 0 Å². The first kappa shape index (κ1) is 12.0. The van der Waals surface area contributed by atoms with Crippen molar-refractivity contribution in [3.8, 4) is 0 Å². The molecule has 2 heteroatoms. The summed E-state index contributed by atoms with van der Waals surface area (Å²) in [6.07, 6.45) is 5.16. The smallest absolute Gasteiger partial charge is 0.0465 e. The van der Waals surface area contributed by atoms with Crippen LogP contribution in [0, 0.1) is 0 Å². The summed E-state index contributed by atoms with van der Waals surface area (Å²) < 4.78 is 0. The number of piperidine rings is 1. The summed E-state index contributed by atoms with van der Waals surface area (Å²) in [6.45, 7) is 1.18. The van der Waals surface area contributed by atoms with Crippen molar-refractivity contribution in [2.75, 3.05) is 6.54 Å². The lowest BCUT2D eigenvalue weighted by atomic mass is 9.97. The Hall–Kier alpha value is -1.80. The van der Waals surface area contributed by atoms with Gasteiger partial charge in [0.2, 0.25) is 0 Å². The van der Waals surface area contributed by atoms with Crippen LogP contribution in [0.2, 0.25) is 0 Å². The van der Waals surface area contributed by atoms with E-state index in [0.717, 1.165) is 6.42 Å². The molecule has 0 amide bonds. The molecule has 2 heterocycles. The lowest BCUT2D eigenvalue weighted by Crippen LogP contribution is -2.35. The molecule has 102 valence electrons. The van der Waals surface area contributed by atoms with Crippen LogP contribution < -0.4 is 5.32 Å². The van der Waals surface area contributed by atoms with Gasteiger partial charge >= 0.3 is 0 Å². The van der Waals surface area contributed by atoms with E-state index in [1.165, 1.54) is 53.2 Å². The largest absolute Gasteiger partial charge is 0.355 e. The zero-order chi connectivity index (χ0) is 13.4. The number of fused-ring (bicyclic) bond motifs is 3. The van der Waals surface area contributed by atoms with Gasteiger partial charge in [0, 0.05) is 27.8 Å². The van der Waals surface area contributed by atoms with Crippen LogP contribution in [0.25, 0.3) is 21.8 Å². The standard InChI is InChI=1S/C18H20N2/c1-2-7-17-15(6-1)16-12-13(8-9-18(16)20-17)11-14-5-3-4-10-19-14/h1-2,6-9,12,14,19-20H,3-5,10-11H2. The molecule has 1 unspecified atom stereocenters. The summed E-state index contributed by atoms with van der Waals surface area (Å²) in [6, 6.07) is 16.1. The number of benzene rings is 2. The maximum Gasteiger partial charge on any atom is 0.0465 e. The fourth-order valence-corrected chi connectivity index (χ4v) is 3.41. The van der Waals surface area contributed by atoms with Crippen LogP contribution in [-0.2, 0) is 6.42 Å². The maximum absolute atomic E-state index is 3.64. The van der Waals surface area contributed by atoms with Gasteiger partial charge in [-0.15, -0.1) is 0 Å². The highest BCUT2D eigenvalue weighted by Gasteiger charge is 2.13. The van der Waals surface area contributed by atoms with E-state index in [1.807, 2.05) is 0 Å². The molecule has 1 atom stereocenters. The molecule has 2 nitrogen and oxygen atoms in total. The second-order valence-electron chi connectivity index (χ2n) is 5.90. The molecule has 0 aliphatic carbocycles. The van der Waals surface area contributed by atoms with Gasteiger partial charge in [-0.3, -0.25) is 0 Å². The number of aromatic nitrogens is 1. The molecule has 0 bridgehead atoms. The molecular formula is C18H20N2. The molecule has 1 fully saturated rings. The molecule has 2 N–H and O–H groups in total. The molecule has 3 aromatic rings. The molecule has 0 saturated carbocycles. The molecule has 2 aromatic carbocycles. The number of rotatable bonds is 2. The van der Waals surface area contributed by atoms with Crippen molar-refractivity contribution in [2.45, 2.75) is 31.7 Å². The third kappa shape index (κ3) is 2.10. The van der Waals surface area contributed by atoms with Crippen LogP contribution >= 0.6 is 0 Å². The van der Waals surface area contributed by atoms with Crippen molar-refractivity contribution in [2.24, 2.45) is 0 Å². The van der Waals surface area contributed by atoms with Crippen LogP contribution in [0.1, 0.15) is 24.8 Å². The van der Waals surface area contributed by atoms with Gasteiger partial charge in [-0.2, -0.15) is 0 Å². The monoisotopic (exact) mass is 264 g/mol. The predicted octanol–water partition coefficient (Wildman–Crippen LogP) is 4.01. The van der Waals surface area contributed by atoms with E-state index in [4.69, 9.17) is 0 Å². The minimum Gasteiger partial charge on any atom is -0.355 e. The Kier molecular flexibility index (Phi) is 2.96. The summed E-state index contributed by atoms with van der Waals surface area (Å²) in [5.74, 6) is 0. The first-order valence-corrected chi connectivity index (χ1v) is 7.63. The van der Waals surface area contributed by atoms with Gasteiger partial charge in [0.1, 0.15) is 0 Å². The Bertz CT molecular complexity index is 735. The zero-order valence-corrected chi connectivity index (χ0v) is 11.7. The topological polar surface area (TPSA) is 27.8 Å². The van der Waals surface area contributed by atoms with Crippen molar-refractivity contribution in [1.29, 1.82) is 0 Å². The number of nitrogens with one attached hydrogen (secondary N) is 2. The highest BCUT2D eigenvalue weighted by molar-refractivity contribution is 6.07. The molecule has 4 rings (SSSR count). The van der Waals surface area contributed by atoms with Crippen LogP contribution in [0.4, 0.5) is 0 Å². The average Bonchev–Trinajstić information content (AvgIpc) is 2.86. The van der Waals surface area contributed by atoms with Gasteiger partial charge in [-0.1, -0.05) is 30.7 Å². The van der Waals surface area contributed by atoms with E-state index in [1.54, 1.807) is 0 Å². The first-order chi connectivity index (χ1) is 9.90. The second-order valence-corrected chi connectivity index (χ2v) is 5.90. The molecule has 20 heavy (non-hydrogen) atoms. The fourth-order valence-electron chi connectivity index (χ4n) is 3.41. The molecule has 1 aliphatic heterocycles. The highest BCUT2D eigenvalue weighted by Crippen LogP contribution is 2.26. The van der Waals surface area contributed by atoms with Crippen molar-refractivity contribution >= 4 is 21.8 Å². The van der Waals surface area contributed by atoms with Gasteiger partial charge in [0.15, 0.2) is 0 Å². The Morgan fingerprint density at radius 2 is 1.85 bits per heavy atom. The second kappa shape index (κ2) is 4.95. The third-order valence-electron chi connectivity index (χ3n) is 4.47.